The van der Waals surface area contributed by atoms with E-state index in [9.17, 15) is 10.1 Å². The first kappa shape index (κ1) is 11.5. The molecule has 0 bridgehead atoms. The zero-order valence-electron chi connectivity index (χ0n) is 8.60. The van der Waals surface area contributed by atoms with Crippen molar-refractivity contribution in [2.75, 3.05) is 25.6 Å². The highest BCUT2D eigenvalue weighted by Crippen LogP contribution is 2.14. The molecule has 82 valence electrons. The summed E-state index contributed by atoms with van der Waals surface area (Å²) >= 11 is 0. The Bertz CT molecular complexity index is 311. The van der Waals surface area contributed by atoms with Crippen LogP contribution in [-0.4, -0.2) is 25.2 Å². The van der Waals surface area contributed by atoms with E-state index in [0.717, 1.165) is 18.7 Å². The van der Waals surface area contributed by atoms with Crippen molar-refractivity contribution in [1.29, 1.82) is 0 Å². The molecule has 0 spiro atoms. The molecule has 1 N–H and O–H groups in total. The van der Waals surface area contributed by atoms with E-state index in [2.05, 4.69) is 5.32 Å². The van der Waals surface area contributed by atoms with Gasteiger partial charge in [0, 0.05) is 38.1 Å². The van der Waals surface area contributed by atoms with Crippen molar-refractivity contribution in [3.8, 4) is 0 Å². The Morgan fingerprint density at radius 1 is 1.40 bits per heavy atom. The summed E-state index contributed by atoms with van der Waals surface area (Å²) in [6.45, 7) is 1.51. The molecule has 0 amide bonds. The number of nitro groups is 1. The average molecular weight is 210 g/mol. The van der Waals surface area contributed by atoms with Crippen LogP contribution in [0.1, 0.15) is 6.42 Å². The maximum absolute atomic E-state index is 10.4. The van der Waals surface area contributed by atoms with Crippen LogP contribution in [0.2, 0.25) is 0 Å². The molecule has 0 radical (unpaired) electrons. The maximum Gasteiger partial charge on any atom is 0.269 e. The van der Waals surface area contributed by atoms with Crippen molar-refractivity contribution < 1.29 is 9.66 Å². The van der Waals surface area contributed by atoms with Crippen LogP contribution < -0.4 is 5.32 Å². The lowest BCUT2D eigenvalue weighted by atomic mass is 10.3. The molecule has 1 rings (SSSR count). The Hall–Kier alpha value is -1.62. The molecule has 0 aliphatic rings. The highest BCUT2D eigenvalue weighted by atomic mass is 16.6. The Morgan fingerprint density at radius 3 is 2.60 bits per heavy atom. The van der Waals surface area contributed by atoms with Crippen LogP contribution in [0.4, 0.5) is 11.4 Å². The van der Waals surface area contributed by atoms with Gasteiger partial charge in [-0.3, -0.25) is 10.1 Å². The predicted molar refractivity (Wildman–Crippen MR) is 58.1 cm³/mol. The van der Waals surface area contributed by atoms with Crippen LogP contribution in [0.3, 0.4) is 0 Å². The van der Waals surface area contributed by atoms with Crippen molar-refractivity contribution in [2.45, 2.75) is 6.42 Å². The summed E-state index contributed by atoms with van der Waals surface area (Å²) in [5, 5.41) is 13.5. The van der Waals surface area contributed by atoms with Gasteiger partial charge >= 0.3 is 0 Å². The fraction of sp³-hybridized carbons (Fsp3) is 0.400. The van der Waals surface area contributed by atoms with Crippen molar-refractivity contribution >= 4 is 11.4 Å². The van der Waals surface area contributed by atoms with Gasteiger partial charge in [-0.25, -0.2) is 0 Å². The van der Waals surface area contributed by atoms with Crippen LogP contribution in [0.25, 0.3) is 0 Å². The molecule has 0 heterocycles. The minimum atomic E-state index is -0.408. The highest BCUT2D eigenvalue weighted by Gasteiger charge is 2.02. The zero-order chi connectivity index (χ0) is 11.1. The van der Waals surface area contributed by atoms with Gasteiger partial charge in [-0.05, 0) is 18.6 Å². The van der Waals surface area contributed by atoms with Crippen LogP contribution >= 0.6 is 0 Å². The lowest BCUT2D eigenvalue weighted by Gasteiger charge is -2.04. The number of rotatable bonds is 6. The first-order valence-corrected chi connectivity index (χ1v) is 4.71. The van der Waals surface area contributed by atoms with Crippen molar-refractivity contribution in [3.05, 3.63) is 34.4 Å². The Balaban J connectivity index is 2.39. The van der Waals surface area contributed by atoms with Gasteiger partial charge in [0.1, 0.15) is 0 Å². The van der Waals surface area contributed by atoms with Gasteiger partial charge in [0.25, 0.3) is 5.69 Å². The quantitative estimate of drug-likeness (QED) is 0.443. The third-order valence-corrected chi connectivity index (χ3v) is 1.93. The standard InChI is InChI=1S/C10H14N2O3/c1-15-8-2-7-11-9-3-5-10(6-4-9)12(13)14/h3-6,11H,2,7-8H2,1H3. The van der Waals surface area contributed by atoms with Crippen LogP contribution in [0, 0.1) is 10.1 Å². The minimum Gasteiger partial charge on any atom is -0.385 e. The van der Waals surface area contributed by atoms with E-state index in [0.29, 0.717) is 6.61 Å². The third-order valence-electron chi connectivity index (χ3n) is 1.93. The van der Waals surface area contributed by atoms with Gasteiger partial charge in [-0.15, -0.1) is 0 Å². The summed E-state index contributed by atoms with van der Waals surface area (Å²) in [6, 6.07) is 6.37. The molecular formula is C10H14N2O3. The number of anilines is 1. The first-order chi connectivity index (χ1) is 7.24. The second kappa shape index (κ2) is 5.98. The second-order valence-corrected chi connectivity index (χ2v) is 3.08. The van der Waals surface area contributed by atoms with Gasteiger partial charge in [0.15, 0.2) is 0 Å². The van der Waals surface area contributed by atoms with E-state index in [1.807, 2.05) is 0 Å². The molecule has 0 unspecified atom stereocenters. The van der Waals surface area contributed by atoms with E-state index in [4.69, 9.17) is 4.74 Å². The molecule has 1 aromatic rings. The van der Waals surface area contributed by atoms with E-state index >= 15 is 0 Å². The number of nitrogens with one attached hydrogen (secondary N) is 1. The molecule has 0 aliphatic carbocycles. The first-order valence-electron chi connectivity index (χ1n) is 4.71. The van der Waals surface area contributed by atoms with Crippen LogP contribution in [0.5, 0.6) is 0 Å². The smallest absolute Gasteiger partial charge is 0.269 e. The molecule has 5 nitrogen and oxygen atoms in total. The number of hydrogen-bond acceptors (Lipinski definition) is 4. The van der Waals surface area contributed by atoms with Crippen LogP contribution in [0.15, 0.2) is 24.3 Å². The minimum absolute atomic E-state index is 0.109. The summed E-state index contributed by atoms with van der Waals surface area (Å²) in [7, 11) is 1.66. The monoisotopic (exact) mass is 210 g/mol. The Labute approximate surface area is 88.2 Å². The average Bonchev–Trinajstić information content (AvgIpc) is 2.25. The molecule has 15 heavy (non-hydrogen) atoms. The van der Waals surface area contributed by atoms with Gasteiger partial charge in [-0.2, -0.15) is 0 Å². The number of nitro benzene ring substituents is 1. The highest BCUT2D eigenvalue weighted by molar-refractivity contribution is 5.48. The van der Waals surface area contributed by atoms with Crippen molar-refractivity contribution in [3.63, 3.8) is 0 Å². The lowest BCUT2D eigenvalue weighted by Crippen LogP contribution is -2.04. The Morgan fingerprint density at radius 2 is 2.07 bits per heavy atom. The van der Waals surface area contributed by atoms with E-state index in [-0.39, 0.29) is 5.69 Å². The number of methoxy groups -OCH3 is 1. The summed E-state index contributed by atoms with van der Waals surface area (Å²) in [5.41, 5.74) is 0.995. The van der Waals surface area contributed by atoms with Gasteiger partial charge in [0.2, 0.25) is 0 Å². The fourth-order valence-electron chi connectivity index (χ4n) is 1.15. The van der Waals surface area contributed by atoms with Crippen LogP contribution in [-0.2, 0) is 4.74 Å². The van der Waals surface area contributed by atoms with Crippen molar-refractivity contribution in [1.82, 2.24) is 0 Å². The van der Waals surface area contributed by atoms with Gasteiger partial charge < -0.3 is 10.1 Å². The Kier molecular flexibility index (Phi) is 4.56. The summed E-state index contributed by atoms with van der Waals surface area (Å²) in [6.07, 6.45) is 0.910. The molecule has 0 aliphatic heterocycles. The maximum atomic E-state index is 10.4. The lowest BCUT2D eigenvalue weighted by molar-refractivity contribution is -0.384. The van der Waals surface area contributed by atoms with Gasteiger partial charge in [0.05, 0.1) is 4.92 Å². The van der Waals surface area contributed by atoms with Gasteiger partial charge in [-0.1, -0.05) is 0 Å². The number of ether oxygens (including phenoxy) is 1. The molecule has 0 saturated carbocycles. The largest absolute Gasteiger partial charge is 0.385 e. The molecular weight excluding hydrogens is 196 g/mol. The SMILES string of the molecule is COCCCNc1ccc([N+](=O)[O-])cc1. The predicted octanol–water partition coefficient (Wildman–Crippen LogP) is 2.04. The van der Waals surface area contributed by atoms with E-state index in [1.165, 1.54) is 12.1 Å². The zero-order valence-corrected chi connectivity index (χ0v) is 8.60. The number of non-ortho nitro benzene ring substituents is 1. The van der Waals surface area contributed by atoms with Crippen molar-refractivity contribution in [2.24, 2.45) is 0 Å². The molecule has 1 aromatic carbocycles. The fourth-order valence-corrected chi connectivity index (χ4v) is 1.15. The second-order valence-electron chi connectivity index (χ2n) is 3.08. The molecule has 0 atom stereocenters. The van der Waals surface area contributed by atoms with E-state index < -0.39 is 4.92 Å². The summed E-state index contributed by atoms with van der Waals surface area (Å²) in [5.74, 6) is 0. The molecule has 0 fully saturated rings. The summed E-state index contributed by atoms with van der Waals surface area (Å²) in [4.78, 5) is 9.97. The number of nitrogens with zero attached hydrogens (tertiary/aromatic N) is 1. The molecule has 0 saturated heterocycles. The number of hydrogen-bond donors (Lipinski definition) is 1. The topological polar surface area (TPSA) is 64.4 Å². The molecule has 5 heteroatoms. The third kappa shape index (κ3) is 3.95. The number of benzene rings is 1. The van der Waals surface area contributed by atoms with E-state index in [1.54, 1.807) is 19.2 Å². The molecule has 0 aromatic heterocycles. The summed E-state index contributed by atoms with van der Waals surface area (Å²) < 4.78 is 4.90. The normalized spacial score (nSPS) is 9.93.